The molecule has 50 valence electrons. The highest BCUT2D eigenvalue weighted by Crippen LogP contribution is 1.79. The van der Waals surface area contributed by atoms with E-state index in [1.807, 2.05) is 36.4 Å². The van der Waals surface area contributed by atoms with Gasteiger partial charge in [0, 0.05) is 0 Å². The van der Waals surface area contributed by atoms with Crippen LogP contribution in [0.2, 0.25) is 0 Å². The molecule has 1 rings (SSSR count). The van der Waals surface area contributed by atoms with Crippen molar-refractivity contribution >= 4 is 9.24 Å². The molecule has 9 heavy (non-hydrogen) atoms. The van der Waals surface area contributed by atoms with Gasteiger partial charge in [0.15, 0.2) is 0 Å². The van der Waals surface area contributed by atoms with Gasteiger partial charge in [0.2, 0.25) is 0 Å². The fraction of sp³-hybridized carbons (Fsp3) is 0.250. The summed E-state index contributed by atoms with van der Waals surface area (Å²) in [5.74, 6) is 0. The summed E-state index contributed by atoms with van der Waals surface area (Å²) in [6.45, 7) is 2.09. The summed E-state index contributed by atoms with van der Waals surface area (Å²) in [7, 11) is 2.58. The zero-order chi connectivity index (χ0) is 6.95. The van der Waals surface area contributed by atoms with Crippen molar-refractivity contribution in [1.82, 2.24) is 0 Å². The van der Waals surface area contributed by atoms with Crippen molar-refractivity contribution < 1.29 is 0 Å². The van der Waals surface area contributed by atoms with E-state index in [0.29, 0.717) is 0 Å². The maximum absolute atomic E-state index is 2.58. The topological polar surface area (TPSA) is 0 Å². The smallest absolute Gasteiger partial charge is 0.0410 e. The summed E-state index contributed by atoms with van der Waals surface area (Å²) in [6.07, 6.45) is 1.17. The van der Waals surface area contributed by atoms with Crippen LogP contribution in [-0.4, -0.2) is 6.16 Å². The summed E-state index contributed by atoms with van der Waals surface area (Å²) >= 11 is 0. The van der Waals surface area contributed by atoms with E-state index in [1.165, 1.54) is 6.16 Å². The minimum absolute atomic E-state index is 1.17. The van der Waals surface area contributed by atoms with Gasteiger partial charge >= 0.3 is 0 Å². The molecule has 1 unspecified atom stereocenters. The summed E-state index contributed by atoms with van der Waals surface area (Å²) in [6, 6.07) is 12.0. The molecule has 0 amide bonds. The van der Waals surface area contributed by atoms with Crippen molar-refractivity contribution in [3.8, 4) is 0 Å². The van der Waals surface area contributed by atoms with E-state index in [-0.39, 0.29) is 0 Å². The van der Waals surface area contributed by atoms with E-state index in [0.717, 1.165) is 0 Å². The second kappa shape index (κ2) is 7.65. The predicted molar refractivity (Wildman–Crippen MR) is 46.7 cm³/mol. The van der Waals surface area contributed by atoms with Gasteiger partial charge in [-0.25, -0.2) is 0 Å². The van der Waals surface area contributed by atoms with Crippen LogP contribution in [0, 0.1) is 0 Å². The van der Waals surface area contributed by atoms with Crippen LogP contribution in [0.4, 0.5) is 0 Å². The van der Waals surface area contributed by atoms with E-state index in [2.05, 4.69) is 16.2 Å². The molecule has 0 saturated heterocycles. The Bertz CT molecular complexity index is 87.4. The number of hydrogen-bond donors (Lipinski definition) is 0. The van der Waals surface area contributed by atoms with Gasteiger partial charge in [0.05, 0.1) is 0 Å². The molecule has 1 atom stereocenters. The van der Waals surface area contributed by atoms with Crippen molar-refractivity contribution in [1.29, 1.82) is 0 Å². The first kappa shape index (κ1) is 8.65. The van der Waals surface area contributed by atoms with Gasteiger partial charge in [-0.05, 0) is 6.16 Å². The fourth-order valence-electron chi connectivity index (χ4n) is 0.385. The van der Waals surface area contributed by atoms with Crippen LogP contribution in [0.3, 0.4) is 0 Å². The van der Waals surface area contributed by atoms with Crippen molar-refractivity contribution in [3.63, 3.8) is 0 Å². The zero-order valence-electron chi connectivity index (χ0n) is 5.75. The Morgan fingerprint density at radius 1 is 0.889 bits per heavy atom. The van der Waals surface area contributed by atoms with Crippen LogP contribution in [0.15, 0.2) is 36.4 Å². The SMILES string of the molecule is CCP.c1ccccc1. The van der Waals surface area contributed by atoms with Crippen LogP contribution < -0.4 is 0 Å². The van der Waals surface area contributed by atoms with Gasteiger partial charge in [0.25, 0.3) is 0 Å². The molecule has 0 aliphatic carbocycles. The second-order valence-corrected chi connectivity index (χ2v) is 2.38. The fourth-order valence-corrected chi connectivity index (χ4v) is 0.385. The quantitative estimate of drug-likeness (QED) is 0.486. The average molecular weight is 140 g/mol. The lowest BCUT2D eigenvalue weighted by Crippen LogP contribution is -1.47. The van der Waals surface area contributed by atoms with Crippen molar-refractivity contribution in [2.75, 3.05) is 6.16 Å². The van der Waals surface area contributed by atoms with Crippen LogP contribution in [0.1, 0.15) is 6.92 Å². The molecule has 1 heteroatoms. The van der Waals surface area contributed by atoms with Crippen molar-refractivity contribution in [2.45, 2.75) is 6.92 Å². The van der Waals surface area contributed by atoms with Crippen LogP contribution in [0.25, 0.3) is 0 Å². The monoisotopic (exact) mass is 140 g/mol. The summed E-state index contributed by atoms with van der Waals surface area (Å²) in [4.78, 5) is 0. The summed E-state index contributed by atoms with van der Waals surface area (Å²) in [5.41, 5.74) is 0. The Morgan fingerprint density at radius 3 is 1.11 bits per heavy atom. The Hall–Kier alpha value is -0.350. The van der Waals surface area contributed by atoms with Crippen molar-refractivity contribution in [3.05, 3.63) is 36.4 Å². The van der Waals surface area contributed by atoms with Crippen LogP contribution in [0.5, 0.6) is 0 Å². The van der Waals surface area contributed by atoms with Gasteiger partial charge in [-0.2, -0.15) is 0 Å². The molecule has 0 spiro atoms. The third-order valence-corrected chi connectivity index (χ3v) is 0.667. The Balaban J connectivity index is 0.000000187. The first-order chi connectivity index (χ1) is 4.41. The molecule has 1 aromatic carbocycles. The van der Waals surface area contributed by atoms with Gasteiger partial charge in [-0.3, -0.25) is 0 Å². The Kier molecular flexibility index (Phi) is 7.35. The lowest BCUT2D eigenvalue weighted by molar-refractivity contribution is 1.53. The standard InChI is InChI=1S/C6H6.C2H7P/c1-2-4-6-5-3-1;1-2-3/h1-6H;2-3H2,1H3. The molecule has 1 aromatic rings. The molecular formula is C8H13P. The van der Waals surface area contributed by atoms with Crippen LogP contribution in [-0.2, 0) is 0 Å². The molecule has 0 radical (unpaired) electrons. The maximum Gasteiger partial charge on any atom is -0.0410 e. The third-order valence-electron chi connectivity index (χ3n) is 0.667. The molecule has 0 saturated carbocycles. The van der Waals surface area contributed by atoms with Crippen molar-refractivity contribution in [2.24, 2.45) is 0 Å². The highest BCUT2D eigenvalue weighted by molar-refractivity contribution is 7.16. The van der Waals surface area contributed by atoms with Gasteiger partial charge in [-0.1, -0.05) is 43.3 Å². The average Bonchev–Trinajstić information content (AvgIpc) is 1.93. The Morgan fingerprint density at radius 2 is 1.00 bits per heavy atom. The summed E-state index contributed by atoms with van der Waals surface area (Å²) < 4.78 is 0. The predicted octanol–water partition coefficient (Wildman–Crippen LogP) is 2.57. The minimum atomic E-state index is 1.17. The van der Waals surface area contributed by atoms with Crippen LogP contribution >= 0.6 is 9.24 Å². The molecule has 0 aliphatic heterocycles. The zero-order valence-corrected chi connectivity index (χ0v) is 6.90. The first-order valence-corrected chi connectivity index (χ1v) is 3.93. The van der Waals surface area contributed by atoms with E-state index < -0.39 is 0 Å². The lowest BCUT2D eigenvalue weighted by Gasteiger charge is -1.69. The molecule has 0 nitrogen and oxygen atoms in total. The molecule has 0 fully saturated rings. The second-order valence-electron chi connectivity index (χ2n) is 1.56. The summed E-state index contributed by atoms with van der Waals surface area (Å²) in [5, 5.41) is 0. The van der Waals surface area contributed by atoms with Gasteiger partial charge < -0.3 is 0 Å². The molecular weight excluding hydrogens is 127 g/mol. The maximum atomic E-state index is 2.58. The van der Waals surface area contributed by atoms with E-state index in [4.69, 9.17) is 0 Å². The number of benzene rings is 1. The number of rotatable bonds is 0. The Labute approximate surface area is 59.5 Å². The highest BCUT2D eigenvalue weighted by Gasteiger charge is 1.57. The van der Waals surface area contributed by atoms with E-state index in [9.17, 15) is 0 Å². The first-order valence-electron chi connectivity index (χ1n) is 3.12. The lowest BCUT2D eigenvalue weighted by atomic mass is 10.4. The van der Waals surface area contributed by atoms with E-state index >= 15 is 0 Å². The highest BCUT2D eigenvalue weighted by atomic mass is 31.0. The third kappa shape index (κ3) is 7.65. The van der Waals surface area contributed by atoms with E-state index in [1.54, 1.807) is 0 Å². The molecule has 0 N–H and O–H groups in total. The molecule has 0 bridgehead atoms. The largest absolute Gasteiger partial charge is 0.138 e. The minimum Gasteiger partial charge on any atom is -0.138 e. The number of hydrogen-bond acceptors (Lipinski definition) is 0. The molecule has 0 aliphatic rings. The van der Waals surface area contributed by atoms with Gasteiger partial charge in [0.1, 0.15) is 0 Å². The molecule has 0 aromatic heterocycles. The normalized spacial score (nSPS) is 7.33. The van der Waals surface area contributed by atoms with Gasteiger partial charge in [-0.15, -0.1) is 9.24 Å². The molecule has 0 heterocycles.